The van der Waals surface area contributed by atoms with E-state index in [9.17, 15) is 27.9 Å². The molecule has 2 atom stereocenters. The van der Waals surface area contributed by atoms with Crippen LogP contribution >= 0.6 is 11.8 Å². The van der Waals surface area contributed by atoms with Gasteiger partial charge in [0, 0.05) is 17.5 Å². The number of para-hydroxylation sites is 1. The average molecular weight is 553 g/mol. The SMILES string of the molecule is CCOc1ccccc1Sc1ccc(/C=C/C(=O)NC2CN(C(=O)OC(C)(C)C)CC2O)cc1C(F)(F)F. The van der Waals surface area contributed by atoms with Crippen molar-refractivity contribution in [1.29, 1.82) is 0 Å². The molecular weight excluding hydrogens is 521 g/mol. The lowest BCUT2D eigenvalue weighted by Gasteiger charge is -2.24. The van der Waals surface area contributed by atoms with E-state index in [-0.39, 0.29) is 23.5 Å². The molecule has 206 valence electrons. The molecule has 2 unspecified atom stereocenters. The predicted molar refractivity (Wildman–Crippen MR) is 138 cm³/mol. The minimum absolute atomic E-state index is 0.00238. The topological polar surface area (TPSA) is 88.1 Å². The highest BCUT2D eigenvalue weighted by atomic mass is 32.2. The van der Waals surface area contributed by atoms with E-state index in [0.717, 1.165) is 23.9 Å². The molecule has 0 radical (unpaired) electrons. The maximum atomic E-state index is 13.9. The molecular formula is C27H31F3N2O5S. The molecule has 7 nitrogen and oxygen atoms in total. The summed E-state index contributed by atoms with van der Waals surface area (Å²) in [4.78, 5) is 26.5. The fourth-order valence-electron chi connectivity index (χ4n) is 3.70. The van der Waals surface area contributed by atoms with Crippen LogP contribution in [0.4, 0.5) is 18.0 Å². The summed E-state index contributed by atoms with van der Waals surface area (Å²) in [6, 6.07) is 9.93. The number of alkyl halides is 3. The van der Waals surface area contributed by atoms with Gasteiger partial charge < -0.3 is 24.8 Å². The third-order valence-electron chi connectivity index (χ3n) is 5.37. The number of rotatable bonds is 7. The first-order chi connectivity index (χ1) is 17.8. The van der Waals surface area contributed by atoms with E-state index in [4.69, 9.17) is 9.47 Å². The van der Waals surface area contributed by atoms with Gasteiger partial charge in [-0.1, -0.05) is 30.0 Å². The standard InChI is InChI=1S/C27H31F3N2O5S/c1-5-36-21-8-6-7-9-23(21)38-22-12-10-17(14-18(22)27(28,29)30)11-13-24(34)31-19-15-32(16-20(19)33)25(35)37-26(2,3)4/h6-14,19-20,33H,5,15-16H2,1-4H3,(H,31,34)/b13-11+. The Morgan fingerprint density at radius 3 is 2.50 bits per heavy atom. The Morgan fingerprint density at radius 2 is 1.84 bits per heavy atom. The van der Waals surface area contributed by atoms with Crippen LogP contribution in [0.2, 0.25) is 0 Å². The first kappa shape index (κ1) is 29.4. The minimum Gasteiger partial charge on any atom is -0.493 e. The highest BCUT2D eigenvalue weighted by Gasteiger charge is 2.37. The predicted octanol–water partition coefficient (Wildman–Crippen LogP) is 5.36. The van der Waals surface area contributed by atoms with Crippen LogP contribution in [-0.2, 0) is 15.7 Å². The number of β-amino-alcohol motifs (C(OH)–C–C–N with tert-alkyl or cyclic N) is 1. The van der Waals surface area contributed by atoms with Gasteiger partial charge in [0.05, 0.1) is 35.8 Å². The number of nitrogens with one attached hydrogen (secondary N) is 1. The van der Waals surface area contributed by atoms with E-state index >= 15 is 0 Å². The molecule has 38 heavy (non-hydrogen) atoms. The third kappa shape index (κ3) is 8.16. The zero-order chi connectivity index (χ0) is 28.1. The van der Waals surface area contributed by atoms with Crippen LogP contribution in [0.5, 0.6) is 5.75 Å². The molecule has 1 heterocycles. The lowest BCUT2D eigenvalue weighted by Crippen LogP contribution is -2.42. The van der Waals surface area contributed by atoms with E-state index in [0.29, 0.717) is 17.3 Å². The second-order valence-electron chi connectivity index (χ2n) is 9.64. The summed E-state index contributed by atoms with van der Waals surface area (Å²) < 4.78 is 52.4. The lowest BCUT2D eigenvalue weighted by molar-refractivity contribution is -0.139. The maximum absolute atomic E-state index is 13.9. The van der Waals surface area contributed by atoms with Crippen molar-refractivity contribution in [3.63, 3.8) is 0 Å². The van der Waals surface area contributed by atoms with Crippen molar-refractivity contribution >= 4 is 29.8 Å². The number of carbonyl (C=O) groups is 2. The van der Waals surface area contributed by atoms with Crippen LogP contribution in [0.15, 0.2) is 58.3 Å². The Bertz CT molecular complexity index is 1180. The molecule has 1 aliphatic rings. The zero-order valence-corrected chi connectivity index (χ0v) is 22.4. The van der Waals surface area contributed by atoms with Gasteiger partial charge in [0.15, 0.2) is 0 Å². The second kappa shape index (κ2) is 12.1. The van der Waals surface area contributed by atoms with Crippen LogP contribution in [0.25, 0.3) is 6.08 Å². The quantitative estimate of drug-likeness (QED) is 0.450. The summed E-state index contributed by atoms with van der Waals surface area (Å²) in [6.07, 6.45) is -3.87. The van der Waals surface area contributed by atoms with Crippen molar-refractivity contribution in [2.45, 2.75) is 61.4 Å². The van der Waals surface area contributed by atoms with Gasteiger partial charge in [-0.2, -0.15) is 13.2 Å². The summed E-state index contributed by atoms with van der Waals surface area (Å²) in [5, 5.41) is 12.8. The molecule has 0 saturated carbocycles. The molecule has 2 aromatic rings. The van der Waals surface area contributed by atoms with Crippen LogP contribution in [0, 0.1) is 0 Å². The number of aliphatic hydroxyl groups excluding tert-OH is 1. The number of nitrogens with zero attached hydrogens (tertiary/aromatic N) is 1. The largest absolute Gasteiger partial charge is 0.493 e. The van der Waals surface area contributed by atoms with Crippen molar-refractivity contribution in [1.82, 2.24) is 10.2 Å². The number of benzene rings is 2. The van der Waals surface area contributed by atoms with Crippen LogP contribution in [0.1, 0.15) is 38.8 Å². The molecule has 1 fully saturated rings. The first-order valence-corrected chi connectivity index (χ1v) is 12.8. The van der Waals surface area contributed by atoms with Crippen molar-refractivity contribution in [3.8, 4) is 5.75 Å². The zero-order valence-electron chi connectivity index (χ0n) is 21.5. The van der Waals surface area contributed by atoms with Gasteiger partial charge in [-0.25, -0.2) is 4.79 Å². The number of amides is 2. The molecule has 0 bridgehead atoms. The van der Waals surface area contributed by atoms with E-state index in [1.54, 1.807) is 52.0 Å². The van der Waals surface area contributed by atoms with E-state index in [2.05, 4.69) is 5.32 Å². The summed E-state index contributed by atoms with van der Waals surface area (Å²) in [5.74, 6) is -0.120. The van der Waals surface area contributed by atoms with E-state index < -0.39 is 41.5 Å². The Kier molecular flexibility index (Phi) is 9.37. The van der Waals surface area contributed by atoms with Crippen molar-refractivity contribution in [3.05, 3.63) is 59.7 Å². The third-order valence-corrected chi connectivity index (χ3v) is 6.51. The molecule has 1 saturated heterocycles. The maximum Gasteiger partial charge on any atom is 0.417 e. The number of hydrogen-bond donors (Lipinski definition) is 2. The minimum atomic E-state index is -4.62. The fourth-order valence-corrected chi connectivity index (χ4v) is 4.73. The van der Waals surface area contributed by atoms with Crippen molar-refractivity contribution in [2.24, 2.45) is 0 Å². The highest BCUT2D eigenvalue weighted by Crippen LogP contribution is 2.42. The highest BCUT2D eigenvalue weighted by molar-refractivity contribution is 7.99. The second-order valence-corrected chi connectivity index (χ2v) is 10.7. The molecule has 0 aromatic heterocycles. The van der Waals surface area contributed by atoms with Crippen molar-refractivity contribution < 1.29 is 37.3 Å². The van der Waals surface area contributed by atoms with Gasteiger partial charge in [0.25, 0.3) is 0 Å². The number of likely N-dealkylation sites (tertiary alicyclic amines) is 1. The summed E-state index contributed by atoms with van der Waals surface area (Å²) >= 11 is 0.949. The number of hydrogen-bond acceptors (Lipinski definition) is 6. The number of aliphatic hydroxyl groups is 1. The summed E-state index contributed by atoms with van der Waals surface area (Å²) in [5.41, 5.74) is -1.37. The molecule has 2 aromatic carbocycles. The smallest absolute Gasteiger partial charge is 0.417 e. The normalized spacial score (nSPS) is 18.1. The van der Waals surface area contributed by atoms with E-state index in [1.165, 1.54) is 23.1 Å². The monoisotopic (exact) mass is 552 g/mol. The van der Waals surface area contributed by atoms with E-state index in [1.807, 2.05) is 0 Å². The van der Waals surface area contributed by atoms with Crippen LogP contribution in [-0.4, -0.2) is 59.5 Å². The number of ether oxygens (including phenoxy) is 2. The Hall–Kier alpha value is -3.18. The lowest BCUT2D eigenvalue weighted by atomic mass is 10.1. The Labute approximate surface area is 224 Å². The molecule has 2 N–H and O–H groups in total. The molecule has 2 amide bonds. The molecule has 0 aliphatic carbocycles. The van der Waals surface area contributed by atoms with Gasteiger partial charge in [0.2, 0.25) is 5.91 Å². The van der Waals surface area contributed by atoms with Crippen LogP contribution < -0.4 is 10.1 Å². The number of carbonyl (C=O) groups excluding carboxylic acids is 2. The fraction of sp³-hybridized carbons (Fsp3) is 0.407. The first-order valence-electron chi connectivity index (χ1n) is 12.0. The molecule has 1 aliphatic heterocycles. The van der Waals surface area contributed by atoms with Crippen LogP contribution in [0.3, 0.4) is 0 Å². The Morgan fingerprint density at radius 1 is 1.13 bits per heavy atom. The average Bonchev–Trinajstić information content (AvgIpc) is 3.18. The van der Waals surface area contributed by atoms with Gasteiger partial charge in [-0.05, 0) is 63.6 Å². The van der Waals surface area contributed by atoms with Gasteiger partial charge >= 0.3 is 12.3 Å². The molecule has 11 heteroatoms. The molecule has 3 rings (SSSR count). The molecule has 0 spiro atoms. The van der Waals surface area contributed by atoms with Crippen molar-refractivity contribution in [2.75, 3.05) is 19.7 Å². The summed E-state index contributed by atoms with van der Waals surface area (Å²) in [6.45, 7) is 7.37. The number of halogens is 3. The van der Waals surface area contributed by atoms with Gasteiger partial charge in [-0.3, -0.25) is 4.79 Å². The summed E-state index contributed by atoms with van der Waals surface area (Å²) in [7, 11) is 0. The van der Waals surface area contributed by atoms with Gasteiger partial charge in [-0.15, -0.1) is 0 Å². The Balaban J connectivity index is 1.70. The van der Waals surface area contributed by atoms with Gasteiger partial charge in [0.1, 0.15) is 11.4 Å².